The van der Waals surface area contributed by atoms with E-state index in [4.69, 9.17) is 0 Å². The van der Waals surface area contributed by atoms with Crippen LogP contribution in [0.25, 0.3) is 0 Å². The van der Waals surface area contributed by atoms with Gasteiger partial charge >= 0.3 is 274 Å². The quantitative estimate of drug-likeness (QED) is 0.162. The first kappa shape index (κ1) is 32.6. The van der Waals surface area contributed by atoms with Gasteiger partial charge < -0.3 is 0 Å². The second-order valence-electron chi connectivity index (χ2n) is 14.3. The zero-order valence-corrected chi connectivity index (χ0v) is 30.7. The van der Waals surface area contributed by atoms with Crippen LogP contribution in [0, 0.1) is 0 Å². The van der Waals surface area contributed by atoms with Gasteiger partial charge in [0.05, 0.1) is 0 Å². The van der Waals surface area contributed by atoms with Crippen LogP contribution in [0.5, 0.6) is 0 Å². The Morgan fingerprint density at radius 1 is 0.568 bits per heavy atom. The summed E-state index contributed by atoms with van der Waals surface area (Å²) in [6.45, 7) is 17.2. The van der Waals surface area contributed by atoms with Crippen molar-refractivity contribution < 1.29 is 16.8 Å². The van der Waals surface area contributed by atoms with E-state index in [0.29, 0.717) is 0 Å². The number of rotatable bonds is 11. The van der Waals surface area contributed by atoms with Crippen LogP contribution in [0.1, 0.15) is 70.7 Å². The molecule has 0 aliphatic heterocycles. The summed E-state index contributed by atoms with van der Waals surface area (Å²) in [5, 5.41) is 0.0711. The van der Waals surface area contributed by atoms with Crippen molar-refractivity contribution in [2.45, 2.75) is 80.6 Å². The van der Waals surface area contributed by atoms with Gasteiger partial charge in [-0.15, -0.1) is 0 Å². The molecule has 1 atom stereocenters. The molecule has 0 saturated carbocycles. The van der Waals surface area contributed by atoms with Crippen molar-refractivity contribution in [2.75, 3.05) is 0 Å². The molecule has 1 N–H and O–H groups in total. The average Bonchev–Trinajstić information content (AvgIpc) is 3.18. The zero-order chi connectivity index (χ0) is 31.4. The standard InChI is InChI=1S/C23H27Si.2C7H7.C4H10N.Ti/c1-18-15-23(4,20(3)19(18)2)24(16-21-11-7-5-8-12-21)17-22-13-9-6-10-14-22;2*1-7-5-3-2-4-6-7;1-4(2,3)5;/h5-14,24H,16-17H2,1-4H3;2*2-6H,1H2;5H,1-3H3;/q;;;-1;+1. The van der Waals surface area contributed by atoms with E-state index in [9.17, 15) is 0 Å². The number of allylic oxidation sites excluding steroid dienone is 4. The van der Waals surface area contributed by atoms with Gasteiger partial charge in [0, 0.05) is 0 Å². The molecule has 4 aromatic carbocycles. The van der Waals surface area contributed by atoms with Crippen LogP contribution in [0.3, 0.4) is 0 Å². The molecule has 3 heteroatoms. The SMILES string of the molecule is CC1=C(C)C(C)([SiH](Cc2ccccc2)Cc2ccccc2)[C]([Ti]([CH2]c2ccccc2)([CH2]c2ccccc2)[NH]C(C)(C)C)=C1C. The van der Waals surface area contributed by atoms with E-state index < -0.39 is 25.6 Å². The van der Waals surface area contributed by atoms with Crippen molar-refractivity contribution in [3.05, 3.63) is 164 Å². The fraction of sp³-hybridized carbons (Fsp3) is 0.317. The molecule has 0 radical (unpaired) electrons. The molecule has 0 heterocycles. The molecule has 0 bridgehead atoms. The van der Waals surface area contributed by atoms with E-state index in [1.54, 1.807) is 11.1 Å². The van der Waals surface area contributed by atoms with Crippen molar-refractivity contribution in [3.8, 4) is 0 Å². The first-order valence-electron chi connectivity index (χ1n) is 16.4. The monoisotopic (exact) mass is 633 g/mol. The second-order valence-corrected chi connectivity index (χ2v) is 23.3. The second kappa shape index (κ2) is 13.7. The number of benzene rings is 4. The van der Waals surface area contributed by atoms with Gasteiger partial charge in [0.25, 0.3) is 0 Å². The van der Waals surface area contributed by atoms with Gasteiger partial charge in [0.2, 0.25) is 0 Å². The summed E-state index contributed by atoms with van der Waals surface area (Å²) in [6.07, 6.45) is 0. The molecule has 0 amide bonds. The molecular weight excluding hydrogens is 582 g/mol. The molecule has 4 aromatic rings. The first-order valence-corrected chi connectivity index (χ1v) is 22.3. The molecule has 5 rings (SSSR count). The predicted molar refractivity (Wildman–Crippen MR) is 190 cm³/mol. The topological polar surface area (TPSA) is 12.0 Å². The van der Waals surface area contributed by atoms with Gasteiger partial charge in [-0.1, -0.05) is 0 Å². The van der Waals surface area contributed by atoms with Crippen molar-refractivity contribution in [1.82, 2.24) is 3.80 Å². The molecule has 228 valence electrons. The fourth-order valence-electron chi connectivity index (χ4n) is 8.08. The summed E-state index contributed by atoms with van der Waals surface area (Å²) in [5.74, 6) is 0. The van der Waals surface area contributed by atoms with Gasteiger partial charge in [-0.2, -0.15) is 0 Å². The summed E-state index contributed by atoms with van der Waals surface area (Å²) < 4.78 is 8.63. The van der Waals surface area contributed by atoms with Crippen LogP contribution in [0.2, 0.25) is 5.04 Å². The zero-order valence-electron chi connectivity index (χ0n) is 28.0. The van der Waals surface area contributed by atoms with E-state index >= 15 is 0 Å². The van der Waals surface area contributed by atoms with Crippen LogP contribution >= 0.6 is 0 Å². The summed E-state index contributed by atoms with van der Waals surface area (Å²) in [7, 11) is -1.54. The van der Waals surface area contributed by atoms with Crippen molar-refractivity contribution in [2.24, 2.45) is 0 Å². The van der Waals surface area contributed by atoms with E-state index in [1.165, 1.54) is 39.9 Å². The third-order valence-corrected chi connectivity index (χ3v) is 22.8. The van der Waals surface area contributed by atoms with E-state index in [1.807, 2.05) is 3.88 Å². The Morgan fingerprint density at radius 3 is 1.30 bits per heavy atom. The van der Waals surface area contributed by atoms with Crippen molar-refractivity contribution in [3.63, 3.8) is 0 Å². The molecule has 44 heavy (non-hydrogen) atoms. The Balaban J connectivity index is 1.76. The van der Waals surface area contributed by atoms with Crippen molar-refractivity contribution in [1.29, 1.82) is 0 Å². The van der Waals surface area contributed by atoms with Gasteiger partial charge in [-0.05, 0) is 0 Å². The predicted octanol–water partition coefficient (Wildman–Crippen LogP) is 10.0. The minimum absolute atomic E-state index is 0.00192. The summed E-state index contributed by atoms with van der Waals surface area (Å²) >= 11 is -3.20. The van der Waals surface area contributed by atoms with Crippen LogP contribution in [0.4, 0.5) is 0 Å². The van der Waals surface area contributed by atoms with E-state index in [2.05, 4.69) is 174 Å². The Morgan fingerprint density at radius 2 is 0.932 bits per heavy atom. The molecule has 0 fully saturated rings. The van der Waals surface area contributed by atoms with Gasteiger partial charge in [-0.25, -0.2) is 0 Å². The minimum atomic E-state index is -3.20. The molecule has 0 aromatic heterocycles. The van der Waals surface area contributed by atoms with Crippen LogP contribution in [0.15, 0.2) is 142 Å². The molecule has 1 aliphatic carbocycles. The van der Waals surface area contributed by atoms with Gasteiger partial charge in [0.15, 0.2) is 0 Å². The first-order chi connectivity index (χ1) is 21.0. The summed E-state index contributed by atoms with van der Waals surface area (Å²) in [4.78, 5) is 0. The molecular formula is C41H51NSiTi. The van der Waals surface area contributed by atoms with Crippen LogP contribution < -0.4 is 3.80 Å². The van der Waals surface area contributed by atoms with E-state index in [-0.39, 0.29) is 10.6 Å². The Bertz CT molecular complexity index is 1500. The fourth-order valence-corrected chi connectivity index (χ4v) is 23.9. The molecule has 0 saturated heterocycles. The third kappa shape index (κ3) is 7.21. The number of nitrogens with one attached hydrogen (secondary N) is 1. The van der Waals surface area contributed by atoms with Gasteiger partial charge in [0.1, 0.15) is 0 Å². The summed E-state index contributed by atoms with van der Waals surface area (Å²) in [5.41, 5.74) is 10.6. The molecule has 1 nitrogen and oxygen atoms in total. The van der Waals surface area contributed by atoms with Crippen molar-refractivity contribution >= 4 is 8.80 Å². The molecule has 1 unspecified atom stereocenters. The van der Waals surface area contributed by atoms with Crippen LogP contribution in [-0.2, 0) is 38.4 Å². The average molecular weight is 634 g/mol. The maximum absolute atomic E-state index is 4.54. The molecule has 0 spiro atoms. The summed E-state index contributed by atoms with van der Waals surface area (Å²) in [6, 6.07) is 47.8. The Hall–Kier alpha value is -2.75. The van der Waals surface area contributed by atoms with Gasteiger partial charge in [-0.3, -0.25) is 0 Å². The number of hydrogen-bond acceptors (Lipinski definition) is 1. The van der Waals surface area contributed by atoms with E-state index in [0.717, 1.165) is 9.45 Å². The molecule has 1 aliphatic rings. The maximum atomic E-state index is 4.54. The third-order valence-electron chi connectivity index (χ3n) is 10.1. The van der Waals surface area contributed by atoms with Crippen LogP contribution in [-0.4, -0.2) is 14.3 Å². The Kier molecular flexibility index (Phi) is 10.2. The number of hydrogen-bond donors (Lipinski definition) is 1. The normalized spacial score (nSPS) is 17.5. The Labute approximate surface area is 272 Å².